The molecular weight excluding hydrogens is 386 g/mol. The summed E-state index contributed by atoms with van der Waals surface area (Å²) in [5.41, 5.74) is 2.35. The van der Waals surface area contributed by atoms with E-state index in [0.29, 0.717) is 22.0 Å². The Bertz CT molecular complexity index is 1110. The summed E-state index contributed by atoms with van der Waals surface area (Å²) >= 11 is 0.907. The molecule has 0 aliphatic carbocycles. The second-order valence-electron chi connectivity index (χ2n) is 6.59. The molecule has 29 heavy (non-hydrogen) atoms. The van der Waals surface area contributed by atoms with Crippen molar-refractivity contribution < 1.29 is 18.8 Å². The number of benzene rings is 2. The SMILES string of the molecule is CC(=O)c1ccc(-c2ccc(/C=C3\SC(=O)N(Cc4ccccc4)C3=O)o2)cc1. The van der Waals surface area contributed by atoms with Crippen molar-refractivity contribution in [3.8, 4) is 11.3 Å². The predicted octanol–water partition coefficient (Wildman–Crippen LogP) is 5.39. The van der Waals surface area contributed by atoms with Gasteiger partial charge in [0, 0.05) is 17.2 Å². The Hall–Kier alpha value is -3.38. The zero-order valence-corrected chi connectivity index (χ0v) is 16.4. The van der Waals surface area contributed by atoms with Crippen LogP contribution in [0.4, 0.5) is 4.79 Å². The summed E-state index contributed by atoms with van der Waals surface area (Å²) in [6.07, 6.45) is 1.59. The average Bonchev–Trinajstić information content (AvgIpc) is 3.29. The van der Waals surface area contributed by atoms with Crippen LogP contribution in [0, 0.1) is 0 Å². The topological polar surface area (TPSA) is 67.6 Å². The van der Waals surface area contributed by atoms with E-state index in [1.165, 1.54) is 11.8 Å². The maximum atomic E-state index is 12.6. The van der Waals surface area contributed by atoms with Crippen molar-refractivity contribution in [2.75, 3.05) is 0 Å². The molecule has 0 N–H and O–H groups in total. The van der Waals surface area contributed by atoms with Crippen LogP contribution < -0.4 is 0 Å². The number of rotatable bonds is 5. The molecule has 0 radical (unpaired) electrons. The van der Waals surface area contributed by atoms with Gasteiger partial charge < -0.3 is 4.42 Å². The number of hydrogen-bond acceptors (Lipinski definition) is 5. The first-order valence-corrected chi connectivity index (χ1v) is 9.83. The van der Waals surface area contributed by atoms with E-state index in [1.807, 2.05) is 42.5 Å². The number of imide groups is 1. The van der Waals surface area contributed by atoms with Crippen LogP contribution in [-0.4, -0.2) is 21.8 Å². The molecule has 6 heteroatoms. The van der Waals surface area contributed by atoms with Gasteiger partial charge in [0.05, 0.1) is 11.4 Å². The number of ketones is 1. The van der Waals surface area contributed by atoms with E-state index in [-0.39, 0.29) is 23.5 Å². The zero-order chi connectivity index (χ0) is 20.4. The molecule has 0 spiro atoms. The smallest absolute Gasteiger partial charge is 0.293 e. The summed E-state index contributed by atoms with van der Waals surface area (Å²) in [6.45, 7) is 1.76. The van der Waals surface area contributed by atoms with E-state index in [2.05, 4.69) is 0 Å². The number of amides is 2. The number of furan rings is 1. The largest absolute Gasteiger partial charge is 0.457 e. The molecule has 2 aromatic carbocycles. The van der Waals surface area contributed by atoms with Gasteiger partial charge in [0.15, 0.2) is 5.78 Å². The van der Waals surface area contributed by atoms with Gasteiger partial charge in [0.25, 0.3) is 11.1 Å². The van der Waals surface area contributed by atoms with Gasteiger partial charge in [-0.25, -0.2) is 0 Å². The van der Waals surface area contributed by atoms with Crippen LogP contribution in [0.15, 0.2) is 76.1 Å². The number of carbonyl (C=O) groups excluding carboxylic acids is 3. The summed E-state index contributed by atoms with van der Waals surface area (Å²) in [6, 6.07) is 20.0. The number of Topliss-reactive ketones (excluding diaryl/α,β-unsaturated/α-hetero) is 1. The first kappa shape index (κ1) is 19.0. The normalized spacial score (nSPS) is 15.3. The quantitative estimate of drug-likeness (QED) is 0.422. The fraction of sp³-hybridized carbons (Fsp3) is 0.0870. The lowest BCUT2D eigenvalue weighted by Gasteiger charge is -2.11. The van der Waals surface area contributed by atoms with Gasteiger partial charge in [-0.2, -0.15) is 0 Å². The van der Waals surface area contributed by atoms with Gasteiger partial charge in [0.2, 0.25) is 0 Å². The van der Waals surface area contributed by atoms with Gasteiger partial charge in [-0.05, 0) is 36.4 Å². The third-order valence-corrected chi connectivity index (χ3v) is 5.44. The predicted molar refractivity (Wildman–Crippen MR) is 112 cm³/mol. The Balaban J connectivity index is 1.52. The van der Waals surface area contributed by atoms with E-state index in [9.17, 15) is 14.4 Å². The van der Waals surface area contributed by atoms with Crippen LogP contribution in [0.2, 0.25) is 0 Å². The number of hydrogen-bond donors (Lipinski definition) is 0. The molecule has 1 aromatic heterocycles. The average molecular weight is 403 g/mol. The molecular formula is C23H17NO4S. The van der Waals surface area contributed by atoms with Crippen LogP contribution in [0.5, 0.6) is 0 Å². The van der Waals surface area contributed by atoms with E-state index in [1.54, 1.807) is 30.3 Å². The van der Waals surface area contributed by atoms with Crippen molar-refractivity contribution >= 4 is 34.8 Å². The highest BCUT2D eigenvalue weighted by Crippen LogP contribution is 2.34. The Morgan fingerprint density at radius 1 is 1.00 bits per heavy atom. The molecule has 144 valence electrons. The molecule has 0 saturated carbocycles. The Morgan fingerprint density at radius 3 is 2.41 bits per heavy atom. The Labute approximate surface area is 172 Å². The summed E-state index contributed by atoms with van der Waals surface area (Å²) < 4.78 is 5.81. The molecule has 4 rings (SSSR count). The van der Waals surface area contributed by atoms with Crippen LogP contribution >= 0.6 is 11.8 Å². The van der Waals surface area contributed by atoms with Gasteiger partial charge in [-0.3, -0.25) is 19.3 Å². The van der Waals surface area contributed by atoms with Crippen LogP contribution in [-0.2, 0) is 11.3 Å². The Morgan fingerprint density at radius 2 is 1.72 bits per heavy atom. The van der Waals surface area contributed by atoms with Crippen molar-refractivity contribution in [1.82, 2.24) is 4.90 Å². The standard InChI is InChI=1S/C23H17NO4S/c1-15(25)17-7-9-18(10-8-17)20-12-11-19(28-20)13-21-22(26)24(23(27)29-21)14-16-5-3-2-4-6-16/h2-13H,14H2,1H3/b21-13-. The van der Waals surface area contributed by atoms with Crippen molar-refractivity contribution in [2.45, 2.75) is 13.5 Å². The minimum atomic E-state index is -0.326. The number of thioether (sulfide) groups is 1. The highest BCUT2D eigenvalue weighted by Gasteiger charge is 2.35. The van der Waals surface area contributed by atoms with Crippen molar-refractivity contribution in [1.29, 1.82) is 0 Å². The lowest BCUT2D eigenvalue weighted by atomic mass is 10.1. The first-order chi connectivity index (χ1) is 14.0. The molecule has 1 aliphatic rings. The number of nitrogens with zero attached hydrogens (tertiary/aromatic N) is 1. The summed E-state index contributed by atoms with van der Waals surface area (Å²) in [4.78, 5) is 37.9. The molecule has 0 atom stereocenters. The molecule has 2 heterocycles. The van der Waals surface area contributed by atoms with Gasteiger partial charge in [0.1, 0.15) is 11.5 Å². The molecule has 1 fully saturated rings. The second-order valence-corrected chi connectivity index (χ2v) is 7.58. The highest BCUT2D eigenvalue weighted by atomic mass is 32.2. The summed E-state index contributed by atoms with van der Waals surface area (Å²) in [5, 5.41) is -0.295. The van der Waals surface area contributed by atoms with Crippen molar-refractivity contribution in [3.63, 3.8) is 0 Å². The number of carbonyl (C=O) groups is 3. The summed E-state index contributed by atoms with van der Waals surface area (Å²) in [5.74, 6) is 0.784. The molecule has 1 saturated heterocycles. The second kappa shape index (κ2) is 7.93. The van der Waals surface area contributed by atoms with Gasteiger partial charge in [-0.15, -0.1) is 0 Å². The minimum Gasteiger partial charge on any atom is -0.457 e. The minimum absolute atomic E-state index is 0.00270. The van der Waals surface area contributed by atoms with Crippen LogP contribution in [0.1, 0.15) is 28.6 Å². The van der Waals surface area contributed by atoms with Crippen LogP contribution in [0.3, 0.4) is 0 Å². The maximum absolute atomic E-state index is 12.6. The molecule has 0 bridgehead atoms. The van der Waals surface area contributed by atoms with E-state index in [4.69, 9.17) is 4.42 Å². The first-order valence-electron chi connectivity index (χ1n) is 9.02. The molecule has 3 aromatic rings. The molecule has 2 amide bonds. The third-order valence-electron chi connectivity index (χ3n) is 4.53. The van der Waals surface area contributed by atoms with E-state index >= 15 is 0 Å². The lowest BCUT2D eigenvalue weighted by molar-refractivity contribution is -0.123. The van der Waals surface area contributed by atoms with Gasteiger partial charge >= 0.3 is 0 Å². The fourth-order valence-corrected chi connectivity index (χ4v) is 3.80. The summed E-state index contributed by atoms with van der Waals surface area (Å²) in [7, 11) is 0. The highest BCUT2D eigenvalue weighted by molar-refractivity contribution is 8.18. The van der Waals surface area contributed by atoms with E-state index in [0.717, 1.165) is 22.9 Å². The molecule has 1 aliphatic heterocycles. The zero-order valence-electron chi connectivity index (χ0n) is 15.6. The molecule has 0 unspecified atom stereocenters. The Kier molecular flexibility index (Phi) is 5.18. The van der Waals surface area contributed by atoms with Crippen molar-refractivity contribution in [3.05, 3.63) is 88.5 Å². The van der Waals surface area contributed by atoms with E-state index < -0.39 is 0 Å². The lowest BCUT2D eigenvalue weighted by Crippen LogP contribution is -2.27. The third kappa shape index (κ3) is 4.07. The maximum Gasteiger partial charge on any atom is 0.293 e. The monoisotopic (exact) mass is 403 g/mol. The van der Waals surface area contributed by atoms with Gasteiger partial charge in [-0.1, -0.05) is 54.6 Å². The van der Waals surface area contributed by atoms with Crippen molar-refractivity contribution in [2.24, 2.45) is 0 Å². The van der Waals surface area contributed by atoms with Crippen LogP contribution in [0.25, 0.3) is 17.4 Å². The molecule has 5 nitrogen and oxygen atoms in total. The fourth-order valence-electron chi connectivity index (χ4n) is 2.99.